The average molecular weight is 313 g/mol. The first-order valence-corrected chi connectivity index (χ1v) is 8.17. The lowest BCUT2D eigenvalue weighted by molar-refractivity contribution is 0.464. The van der Waals surface area contributed by atoms with Gasteiger partial charge in [0.25, 0.3) is 0 Å². The van der Waals surface area contributed by atoms with Crippen LogP contribution >= 0.6 is 0 Å². The van der Waals surface area contributed by atoms with Gasteiger partial charge in [0.05, 0.1) is 5.52 Å². The van der Waals surface area contributed by atoms with Crippen molar-refractivity contribution < 1.29 is 5.11 Å². The average Bonchev–Trinajstić information content (AvgIpc) is 2.98. The van der Waals surface area contributed by atoms with Gasteiger partial charge < -0.3 is 10.1 Å². The number of aromatic amines is 1. The molecule has 0 bridgehead atoms. The minimum Gasteiger partial charge on any atom is -0.507 e. The van der Waals surface area contributed by atoms with E-state index < -0.39 is 0 Å². The van der Waals surface area contributed by atoms with Crippen LogP contribution in [0.15, 0.2) is 73.3 Å². The van der Waals surface area contributed by atoms with Gasteiger partial charge in [-0.25, -0.2) is 0 Å². The quantitative estimate of drug-likeness (QED) is 0.490. The van der Waals surface area contributed by atoms with Crippen LogP contribution in [0.25, 0.3) is 21.8 Å². The Morgan fingerprint density at radius 3 is 2.42 bits per heavy atom. The van der Waals surface area contributed by atoms with E-state index in [0.29, 0.717) is 18.6 Å². The van der Waals surface area contributed by atoms with E-state index in [2.05, 4.69) is 48.0 Å². The normalized spacial score (nSPS) is 11.2. The Morgan fingerprint density at radius 2 is 1.54 bits per heavy atom. The lowest BCUT2D eigenvalue weighted by atomic mass is 9.98. The number of hydrogen-bond acceptors (Lipinski definition) is 1. The number of allylic oxidation sites excluding steroid dienone is 1. The van der Waals surface area contributed by atoms with E-state index >= 15 is 0 Å². The molecule has 0 fully saturated rings. The minimum atomic E-state index is 0.380. The molecular formula is C22H19NO. The van der Waals surface area contributed by atoms with Crippen LogP contribution in [0.1, 0.15) is 16.7 Å². The highest BCUT2D eigenvalue weighted by atomic mass is 16.3. The summed E-state index contributed by atoms with van der Waals surface area (Å²) < 4.78 is 0. The van der Waals surface area contributed by atoms with E-state index in [1.807, 2.05) is 30.3 Å². The molecule has 4 rings (SSSR count). The number of para-hydroxylation sites is 3. The second-order valence-corrected chi connectivity index (χ2v) is 6.10. The van der Waals surface area contributed by atoms with Gasteiger partial charge >= 0.3 is 0 Å². The molecule has 1 aromatic heterocycles. The smallest absolute Gasteiger partial charge is 0.122 e. The van der Waals surface area contributed by atoms with Gasteiger partial charge in [0.1, 0.15) is 5.75 Å². The Bertz CT molecular complexity index is 1040. The molecule has 2 heteroatoms. The molecule has 0 saturated heterocycles. The summed E-state index contributed by atoms with van der Waals surface area (Å²) in [7, 11) is 0. The maximum absolute atomic E-state index is 10.5. The van der Waals surface area contributed by atoms with Crippen molar-refractivity contribution in [2.24, 2.45) is 0 Å². The van der Waals surface area contributed by atoms with Gasteiger partial charge in [0.2, 0.25) is 0 Å². The summed E-state index contributed by atoms with van der Waals surface area (Å²) in [4.78, 5) is 3.53. The number of hydrogen-bond donors (Lipinski definition) is 2. The number of phenolic OH excluding ortho intramolecular Hbond substituents is 1. The third-order valence-corrected chi connectivity index (χ3v) is 4.58. The fraction of sp³-hybridized carbons (Fsp3) is 0.0909. The summed E-state index contributed by atoms with van der Waals surface area (Å²) in [6.07, 6.45) is 3.19. The van der Waals surface area contributed by atoms with Crippen molar-refractivity contribution in [2.75, 3.05) is 0 Å². The van der Waals surface area contributed by atoms with Crippen LogP contribution in [0.4, 0.5) is 0 Å². The van der Waals surface area contributed by atoms with Crippen LogP contribution in [-0.2, 0) is 12.8 Å². The number of phenols is 1. The van der Waals surface area contributed by atoms with E-state index in [4.69, 9.17) is 0 Å². The highest BCUT2D eigenvalue weighted by Crippen LogP contribution is 2.31. The van der Waals surface area contributed by atoms with E-state index in [-0.39, 0.29) is 0 Å². The molecular weight excluding hydrogens is 294 g/mol. The van der Waals surface area contributed by atoms with Crippen molar-refractivity contribution in [1.29, 1.82) is 0 Å². The molecule has 3 aromatic carbocycles. The van der Waals surface area contributed by atoms with Crippen molar-refractivity contribution in [3.8, 4) is 5.75 Å². The van der Waals surface area contributed by atoms with Crippen LogP contribution in [0.5, 0.6) is 5.75 Å². The van der Waals surface area contributed by atoms with Crippen LogP contribution in [0, 0.1) is 0 Å². The molecule has 2 nitrogen and oxygen atoms in total. The zero-order valence-electron chi connectivity index (χ0n) is 13.4. The predicted octanol–water partition coefficient (Wildman–Crippen LogP) is 5.35. The molecule has 0 atom stereocenters. The summed E-state index contributed by atoms with van der Waals surface area (Å²) in [5.41, 5.74) is 5.35. The standard InChI is InChI=1S/C22H19NO/c1-2-7-15-8-5-10-17(22(15)24)14-16-9-6-12-19-18-11-3-4-13-20(18)23-21(16)19/h2-6,8-13,23-24H,1,7,14H2. The molecule has 0 spiro atoms. The van der Waals surface area contributed by atoms with Gasteiger partial charge in [-0.2, -0.15) is 0 Å². The first kappa shape index (κ1) is 14.6. The zero-order chi connectivity index (χ0) is 16.5. The van der Waals surface area contributed by atoms with Gasteiger partial charge in [-0.15, -0.1) is 6.58 Å². The number of aromatic hydroxyl groups is 1. The number of fused-ring (bicyclic) bond motifs is 3. The van der Waals surface area contributed by atoms with Crippen LogP contribution in [-0.4, -0.2) is 10.1 Å². The van der Waals surface area contributed by atoms with Crippen LogP contribution in [0.2, 0.25) is 0 Å². The molecule has 0 saturated carbocycles. The number of aromatic nitrogens is 1. The Kier molecular flexibility index (Phi) is 3.58. The van der Waals surface area contributed by atoms with Crippen molar-refractivity contribution >= 4 is 21.8 Å². The first-order chi connectivity index (χ1) is 11.8. The van der Waals surface area contributed by atoms with Gasteiger partial charge in [0.15, 0.2) is 0 Å². The molecule has 0 amide bonds. The molecule has 2 N–H and O–H groups in total. The molecule has 1 heterocycles. The molecule has 24 heavy (non-hydrogen) atoms. The van der Waals surface area contributed by atoms with Gasteiger partial charge in [-0.1, -0.05) is 60.7 Å². The number of benzene rings is 3. The summed E-state index contributed by atoms with van der Waals surface area (Å²) in [6, 6.07) is 20.6. The maximum atomic E-state index is 10.5. The largest absolute Gasteiger partial charge is 0.507 e. The maximum Gasteiger partial charge on any atom is 0.122 e. The number of H-pyrrole nitrogens is 1. The topological polar surface area (TPSA) is 36.0 Å². The van der Waals surface area contributed by atoms with Crippen molar-refractivity contribution in [1.82, 2.24) is 4.98 Å². The Labute approximate surface area is 141 Å². The van der Waals surface area contributed by atoms with E-state index in [1.165, 1.54) is 16.3 Å². The van der Waals surface area contributed by atoms with Crippen molar-refractivity contribution in [3.63, 3.8) is 0 Å². The van der Waals surface area contributed by atoms with Gasteiger partial charge in [-0.3, -0.25) is 0 Å². The summed E-state index contributed by atoms with van der Waals surface area (Å²) in [6.45, 7) is 3.76. The fourth-order valence-corrected chi connectivity index (χ4v) is 3.39. The molecule has 0 unspecified atom stereocenters. The zero-order valence-corrected chi connectivity index (χ0v) is 13.4. The molecule has 0 aliphatic heterocycles. The summed E-state index contributed by atoms with van der Waals surface area (Å²) >= 11 is 0. The highest BCUT2D eigenvalue weighted by molar-refractivity contribution is 6.08. The molecule has 0 aliphatic carbocycles. The lowest BCUT2D eigenvalue weighted by Gasteiger charge is -2.09. The SMILES string of the molecule is C=CCc1cccc(Cc2cccc3c2[nH]c2ccccc23)c1O. The molecule has 0 aliphatic rings. The number of rotatable bonds is 4. The van der Waals surface area contributed by atoms with E-state index in [1.54, 1.807) is 0 Å². The second kappa shape index (κ2) is 5.89. The second-order valence-electron chi connectivity index (χ2n) is 6.10. The molecule has 4 aromatic rings. The Morgan fingerprint density at radius 1 is 0.833 bits per heavy atom. The molecule has 0 radical (unpaired) electrons. The first-order valence-electron chi connectivity index (χ1n) is 8.17. The molecule has 118 valence electrons. The Balaban J connectivity index is 1.83. The monoisotopic (exact) mass is 313 g/mol. The minimum absolute atomic E-state index is 0.380. The van der Waals surface area contributed by atoms with Crippen molar-refractivity contribution in [2.45, 2.75) is 12.8 Å². The third kappa shape index (κ3) is 2.37. The predicted molar refractivity (Wildman–Crippen MR) is 101 cm³/mol. The highest BCUT2D eigenvalue weighted by Gasteiger charge is 2.11. The van der Waals surface area contributed by atoms with Gasteiger partial charge in [0, 0.05) is 22.7 Å². The summed E-state index contributed by atoms with van der Waals surface area (Å²) in [5.74, 6) is 0.380. The van der Waals surface area contributed by atoms with E-state index in [9.17, 15) is 5.11 Å². The van der Waals surface area contributed by atoms with Crippen LogP contribution in [0.3, 0.4) is 0 Å². The van der Waals surface area contributed by atoms with Gasteiger partial charge in [-0.05, 0) is 29.2 Å². The number of nitrogens with one attached hydrogen (secondary N) is 1. The third-order valence-electron chi connectivity index (χ3n) is 4.58. The Hall–Kier alpha value is -3.00. The van der Waals surface area contributed by atoms with Crippen molar-refractivity contribution in [3.05, 3.63) is 90.0 Å². The van der Waals surface area contributed by atoms with E-state index in [0.717, 1.165) is 22.2 Å². The lowest BCUT2D eigenvalue weighted by Crippen LogP contribution is -1.93. The van der Waals surface area contributed by atoms with Crippen LogP contribution < -0.4 is 0 Å². The summed E-state index contributed by atoms with van der Waals surface area (Å²) in [5, 5.41) is 13.0. The fourth-order valence-electron chi connectivity index (χ4n) is 3.39.